The van der Waals surface area contributed by atoms with Gasteiger partial charge < -0.3 is 14.6 Å². The molecule has 4 rings (SSSR count). The van der Waals surface area contributed by atoms with Crippen molar-refractivity contribution in [3.05, 3.63) is 53.9 Å². The summed E-state index contributed by atoms with van der Waals surface area (Å²) < 4.78 is 10.9. The third-order valence-corrected chi connectivity index (χ3v) is 4.84. The van der Waals surface area contributed by atoms with Crippen LogP contribution in [0.5, 0.6) is 11.5 Å². The predicted octanol–water partition coefficient (Wildman–Crippen LogP) is 2.84. The van der Waals surface area contributed by atoms with Gasteiger partial charge in [-0.05, 0) is 49.2 Å². The summed E-state index contributed by atoms with van der Waals surface area (Å²) in [6.45, 7) is 0.946. The molecule has 6 heteroatoms. The van der Waals surface area contributed by atoms with Gasteiger partial charge in [-0.3, -0.25) is 14.7 Å². The van der Waals surface area contributed by atoms with Gasteiger partial charge in [-0.25, -0.2) is 0 Å². The molecule has 0 radical (unpaired) electrons. The van der Waals surface area contributed by atoms with Gasteiger partial charge in [0.05, 0.1) is 11.7 Å². The molecule has 0 aliphatic carbocycles. The first-order valence-corrected chi connectivity index (χ1v) is 8.53. The Morgan fingerprint density at radius 3 is 2.88 bits per heavy atom. The number of likely N-dealkylation sites (tertiary alicyclic amines) is 1. The molecule has 1 N–H and O–H groups in total. The maximum Gasteiger partial charge on any atom is 0.320 e. The molecule has 1 fully saturated rings. The van der Waals surface area contributed by atoms with Crippen LogP contribution < -0.4 is 9.47 Å². The lowest BCUT2D eigenvalue weighted by molar-refractivity contribution is -0.145. The number of fused-ring (bicyclic) bond motifs is 1. The van der Waals surface area contributed by atoms with Crippen molar-refractivity contribution in [2.45, 2.75) is 31.3 Å². The van der Waals surface area contributed by atoms with Crippen molar-refractivity contribution in [2.75, 3.05) is 13.3 Å². The second-order valence-corrected chi connectivity index (χ2v) is 6.36. The standard InChI is InChI=1S/C19H20N2O4/c22-19(23)15-6-2-4-10-21(15)18(14-5-1-3-9-20-14)13-7-8-16-17(11-13)25-12-24-16/h1,3,5,7-9,11,15,18H,2,4,6,10,12H2,(H,22,23). The van der Waals surface area contributed by atoms with Gasteiger partial charge in [-0.2, -0.15) is 0 Å². The molecule has 1 saturated heterocycles. The number of aliphatic carboxylic acids is 1. The van der Waals surface area contributed by atoms with Gasteiger partial charge in [0.1, 0.15) is 6.04 Å². The minimum Gasteiger partial charge on any atom is -0.480 e. The van der Waals surface area contributed by atoms with Crippen molar-refractivity contribution in [1.82, 2.24) is 9.88 Å². The highest BCUT2D eigenvalue weighted by molar-refractivity contribution is 5.73. The van der Waals surface area contributed by atoms with Crippen LogP contribution in [0.25, 0.3) is 0 Å². The maximum absolute atomic E-state index is 11.8. The molecule has 2 aromatic rings. The van der Waals surface area contributed by atoms with E-state index in [0.717, 1.165) is 36.4 Å². The van der Waals surface area contributed by atoms with Gasteiger partial charge in [-0.15, -0.1) is 0 Å². The number of nitrogens with zero attached hydrogens (tertiary/aromatic N) is 2. The van der Waals surface area contributed by atoms with Gasteiger partial charge in [0.25, 0.3) is 0 Å². The molecule has 2 atom stereocenters. The Morgan fingerprint density at radius 1 is 1.20 bits per heavy atom. The molecule has 2 aliphatic heterocycles. The van der Waals surface area contributed by atoms with Crippen molar-refractivity contribution >= 4 is 5.97 Å². The molecular formula is C19H20N2O4. The molecule has 0 bridgehead atoms. The number of carboxylic acids is 1. The predicted molar refractivity (Wildman–Crippen MR) is 90.6 cm³/mol. The Bertz CT molecular complexity index is 765. The van der Waals surface area contributed by atoms with E-state index in [2.05, 4.69) is 4.98 Å². The van der Waals surface area contributed by atoms with E-state index in [9.17, 15) is 9.90 Å². The summed E-state index contributed by atoms with van der Waals surface area (Å²) in [5.74, 6) is 0.639. The van der Waals surface area contributed by atoms with E-state index in [4.69, 9.17) is 9.47 Å². The number of benzene rings is 1. The normalized spacial score (nSPS) is 21.0. The number of pyridine rings is 1. The Morgan fingerprint density at radius 2 is 2.08 bits per heavy atom. The third-order valence-electron chi connectivity index (χ3n) is 4.84. The SMILES string of the molecule is O=C(O)C1CCCCN1C(c1ccc2c(c1)OCO2)c1ccccn1. The Hall–Kier alpha value is -2.60. The highest BCUT2D eigenvalue weighted by atomic mass is 16.7. The Labute approximate surface area is 146 Å². The lowest BCUT2D eigenvalue weighted by Crippen LogP contribution is -2.47. The number of rotatable bonds is 4. The Balaban J connectivity index is 1.78. The number of carbonyl (C=O) groups is 1. The van der Waals surface area contributed by atoms with E-state index >= 15 is 0 Å². The smallest absolute Gasteiger partial charge is 0.320 e. The highest BCUT2D eigenvalue weighted by Gasteiger charge is 2.36. The number of carboxylic acid groups (broad SMARTS) is 1. The van der Waals surface area contributed by atoms with E-state index in [0.29, 0.717) is 12.2 Å². The molecule has 1 aromatic carbocycles. The Kier molecular flexibility index (Phi) is 4.28. The van der Waals surface area contributed by atoms with Crippen LogP contribution in [-0.2, 0) is 4.79 Å². The fourth-order valence-corrected chi connectivity index (χ4v) is 3.68. The van der Waals surface area contributed by atoms with Crippen LogP contribution >= 0.6 is 0 Å². The zero-order valence-corrected chi connectivity index (χ0v) is 13.8. The maximum atomic E-state index is 11.8. The first kappa shape index (κ1) is 15.9. The second kappa shape index (κ2) is 6.72. The van der Waals surface area contributed by atoms with Gasteiger partial charge in [0.15, 0.2) is 11.5 Å². The summed E-state index contributed by atoms with van der Waals surface area (Å²) in [6, 6.07) is 10.8. The van der Waals surface area contributed by atoms with E-state index in [1.165, 1.54) is 0 Å². The van der Waals surface area contributed by atoms with Crippen LogP contribution in [0.4, 0.5) is 0 Å². The van der Waals surface area contributed by atoms with Crippen LogP contribution in [0.2, 0.25) is 0 Å². The number of hydrogen-bond donors (Lipinski definition) is 1. The van der Waals surface area contributed by atoms with E-state index < -0.39 is 12.0 Å². The van der Waals surface area contributed by atoms with Crippen LogP contribution in [0.1, 0.15) is 36.6 Å². The zero-order valence-electron chi connectivity index (χ0n) is 13.8. The molecule has 6 nitrogen and oxygen atoms in total. The average molecular weight is 340 g/mol. The molecule has 2 unspecified atom stereocenters. The number of piperidine rings is 1. The first-order chi connectivity index (χ1) is 12.2. The minimum atomic E-state index is -0.777. The average Bonchev–Trinajstić information content (AvgIpc) is 3.11. The van der Waals surface area contributed by atoms with Gasteiger partial charge in [0, 0.05) is 6.20 Å². The summed E-state index contributed by atoms with van der Waals surface area (Å²) in [5, 5.41) is 9.70. The summed E-state index contributed by atoms with van der Waals surface area (Å²) in [6.07, 6.45) is 4.32. The number of hydrogen-bond acceptors (Lipinski definition) is 5. The lowest BCUT2D eigenvalue weighted by Gasteiger charge is -2.39. The van der Waals surface area contributed by atoms with Crippen LogP contribution in [-0.4, -0.2) is 40.3 Å². The van der Waals surface area contributed by atoms with Crippen LogP contribution in [0, 0.1) is 0 Å². The second-order valence-electron chi connectivity index (χ2n) is 6.36. The summed E-state index contributed by atoms with van der Waals surface area (Å²) in [7, 11) is 0. The topological polar surface area (TPSA) is 71.9 Å². The highest BCUT2D eigenvalue weighted by Crippen LogP contribution is 2.39. The van der Waals surface area contributed by atoms with Crippen molar-refractivity contribution in [2.24, 2.45) is 0 Å². The zero-order chi connectivity index (χ0) is 17.2. The van der Waals surface area contributed by atoms with Gasteiger partial charge in [-0.1, -0.05) is 18.6 Å². The van der Waals surface area contributed by atoms with Crippen LogP contribution in [0.15, 0.2) is 42.6 Å². The van der Waals surface area contributed by atoms with E-state index in [-0.39, 0.29) is 12.8 Å². The quantitative estimate of drug-likeness (QED) is 0.923. The van der Waals surface area contributed by atoms with E-state index in [1.54, 1.807) is 6.20 Å². The minimum absolute atomic E-state index is 0.217. The summed E-state index contributed by atoms with van der Waals surface area (Å²) >= 11 is 0. The van der Waals surface area contributed by atoms with Crippen LogP contribution in [0.3, 0.4) is 0 Å². The van der Waals surface area contributed by atoms with Gasteiger partial charge >= 0.3 is 5.97 Å². The molecule has 0 saturated carbocycles. The molecule has 0 spiro atoms. The molecular weight excluding hydrogens is 320 g/mol. The molecule has 130 valence electrons. The van der Waals surface area contributed by atoms with Crippen molar-refractivity contribution in [1.29, 1.82) is 0 Å². The molecule has 2 aliphatic rings. The van der Waals surface area contributed by atoms with Crippen molar-refractivity contribution in [3.8, 4) is 11.5 Å². The largest absolute Gasteiger partial charge is 0.480 e. The third kappa shape index (κ3) is 3.05. The van der Waals surface area contributed by atoms with E-state index in [1.807, 2.05) is 41.3 Å². The number of ether oxygens (including phenoxy) is 2. The molecule has 1 aromatic heterocycles. The summed E-state index contributed by atoms with van der Waals surface area (Å²) in [5.41, 5.74) is 1.81. The monoisotopic (exact) mass is 340 g/mol. The van der Waals surface area contributed by atoms with Gasteiger partial charge in [0.2, 0.25) is 6.79 Å². The van der Waals surface area contributed by atoms with Crippen molar-refractivity contribution < 1.29 is 19.4 Å². The fourth-order valence-electron chi connectivity index (χ4n) is 3.68. The summed E-state index contributed by atoms with van der Waals surface area (Å²) in [4.78, 5) is 18.4. The van der Waals surface area contributed by atoms with Crippen molar-refractivity contribution in [3.63, 3.8) is 0 Å². The molecule has 0 amide bonds. The number of aromatic nitrogens is 1. The molecule has 3 heterocycles. The molecule has 25 heavy (non-hydrogen) atoms. The fraction of sp³-hybridized carbons (Fsp3) is 0.368. The first-order valence-electron chi connectivity index (χ1n) is 8.53. The lowest BCUT2D eigenvalue weighted by atomic mass is 9.94.